The van der Waals surface area contributed by atoms with E-state index >= 15 is 0 Å². The Labute approximate surface area is 163 Å². The lowest BCUT2D eigenvalue weighted by Crippen LogP contribution is -2.36. The van der Waals surface area contributed by atoms with E-state index in [1.165, 1.54) is 22.7 Å². The maximum Gasteiger partial charge on any atom is 0.270 e. The van der Waals surface area contributed by atoms with E-state index in [4.69, 9.17) is 0 Å². The fourth-order valence-corrected chi connectivity index (χ4v) is 3.11. The van der Waals surface area contributed by atoms with Gasteiger partial charge in [-0.25, -0.2) is 9.37 Å². The molecule has 146 valence electrons. The van der Waals surface area contributed by atoms with Crippen molar-refractivity contribution in [2.45, 2.75) is 39.7 Å². The van der Waals surface area contributed by atoms with E-state index in [-0.39, 0.29) is 22.8 Å². The molecular weight excluding hydrogens is 357 g/mol. The van der Waals surface area contributed by atoms with E-state index in [0.717, 1.165) is 30.4 Å². The Morgan fingerprint density at radius 3 is 2.64 bits per heavy atom. The zero-order chi connectivity index (χ0) is 20.1. The lowest BCUT2D eigenvalue weighted by Gasteiger charge is -2.23. The number of benzene rings is 1. The minimum Gasteiger partial charge on any atom is -0.334 e. The molecule has 0 N–H and O–H groups in total. The second kappa shape index (κ2) is 8.78. The van der Waals surface area contributed by atoms with Crippen LogP contribution in [0.1, 0.15) is 47.7 Å². The minimum atomic E-state index is -0.380. The maximum absolute atomic E-state index is 13.2. The summed E-state index contributed by atoms with van der Waals surface area (Å²) >= 11 is 0. The van der Waals surface area contributed by atoms with Gasteiger partial charge >= 0.3 is 0 Å². The molecule has 0 aliphatic rings. The monoisotopic (exact) mass is 381 g/mol. The molecule has 0 unspecified atom stereocenters. The van der Waals surface area contributed by atoms with Crippen molar-refractivity contribution < 1.29 is 9.18 Å². The van der Waals surface area contributed by atoms with Crippen molar-refractivity contribution in [3.05, 3.63) is 81.7 Å². The van der Waals surface area contributed by atoms with Crippen LogP contribution in [0, 0.1) is 12.7 Å². The zero-order valence-electron chi connectivity index (χ0n) is 16.2. The average Bonchev–Trinajstić information content (AvgIpc) is 2.68. The molecule has 2 heterocycles. The van der Waals surface area contributed by atoms with Gasteiger partial charge in [-0.15, -0.1) is 0 Å². The Balaban J connectivity index is 1.92. The summed E-state index contributed by atoms with van der Waals surface area (Å²) in [6.45, 7) is 4.86. The number of amides is 1. The minimum absolute atomic E-state index is 0.0416. The van der Waals surface area contributed by atoms with Crippen LogP contribution in [0.2, 0.25) is 0 Å². The van der Waals surface area contributed by atoms with E-state index in [9.17, 15) is 14.0 Å². The fourth-order valence-electron chi connectivity index (χ4n) is 3.11. The van der Waals surface area contributed by atoms with Crippen LogP contribution in [-0.4, -0.2) is 26.7 Å². The second-order valence-corrected chi connectivity index (χ2v) is 6.97. The smallest absolute Gasteiger partial charge is 0.270 e. The van der Waals surface area contributed by atoms with E-state index < -0.39 is 0 Å². The lowest BCUT2D eigenvalue weighted by molar-refractivity contribution is 0.0737. The maximum atomic E-state index is 13.2. The fraction of sp³-hybridized carbons (Fsp3) is 0.318. The number of aryl methyl sites for hydroxylation is 1. The Hall–Kier alpha value is -3.02. The number of unbranched alkanes of at least 4 members (excludes halogenated alkanes) is 2. The molecule has 0 spiro atoms. The summed E-state index contributed by atoms with van der Waals surface area (Å²) in [7, 11) is 0. The highest BCUT2D eigenvalue weighted by Crippen LogP contribution is 2.12. The standard InChI is InChI=1S/C22H24FN3O2/c1-3-4-5-11-25(15-17-6-8-18(23)9-7-17)21(27)19-14-24-20-13-16(2)10-12-26(20)22(19)28/h6-10,12-14H,3-5,11,15H2,1-2H3. The van der Waals surface area contributed by atoms with Crippen molar-refractivity contribution in [2.75, 3.05) is 6.54 Å². The Morgan fingerprint density at radius 2 is 1.93 bits per heavy atom. The molecule has 5 nitrogen and oxygen atoms in total. The molecule has 6 heteroatoms. The van der Waals surface area contributed by atoms with Crippen LogP contribution in [-0.2, 0) is 6.54 Å². The van der Waals surface area contributed by atoms with E-state index in [2.05, 4.69) is 11.9 Å². The van der Waals surface area contributed by atoms with Crippen LogP contribution in [0.3, 0.4) is 0 Å². The quantitative estimate of drug-likeness (QED) is 0.582. The van der Waals surface area contributed by atoms with Gasteiger partial charge in [-0.3, -0.25) is 14.0 Å². The van der Waals surface area contributed by atoms with Gasteiger partial charge in [-0.05, 0) is 48.7 Å². The Morgan fingerprint density at radius 1 is 1.18 bits per heavy atom. The van der Waals surface area contributed by atoms with Crippen LogP contribution in [0.5, 0.6) is 0 Å². The number of fused-ring (bicyclic) bond motifs is 1. The summed E-state index contributed by atoms with van der Waals surface area (Å²) < 4.78 is 14.6. The molecule has 0 radical (unpaired) electrons. The van der Waals surface area contributed by atoms with Gasteiger partial charge in [0.25, 0.3) is 11.5 Å². The van der Waals surface area contributed by atoms with Crippen LogP contribution in [0.25, 0.3) is 5.65 Å². The molecule has 0 bridgehead atoms. The summed E-state index contributed by atoms with van der Waals surface area (Å²) in [6, 6.07) is 9.67. The first kappa shape index (κ1) is 19.7. The third-order valence-corrected chi connectivity index (χ3v) is 4.70. The summed E-state index contributed by atoms with van der Waals surface area (Å²) in [5, 5.41) is 0. The molecule has 3 rings (SSSR count). The van der Waals surface area contributed by atoms with Gasteiger partial charge < -0.3 is 4.90 Å². The van der Waals surface area contributed by atoms with Crippen LogP contribution < -0.4 is 5.56 Å². The SMILES string of the molecule is CCCCCN(Cc1ccc(F)cc1)C(=O)c1cnc2cc(C)ccn2c1=O. The number of nitrogens with zero attached hydrogens (tertiary/aromatic N) is 3. The number of carbonyl (C=O) groups excluding carboxylic acids is 1. The van der Waals surface area contributed by atoms with Gasteiger partial charge in [0.1, 0.15) is 17.0 Å². The van der Waals surface area contributed by atoms with Gasteiger partial charge in [0.2, 0.25) is 0 Å². The molecule has 3 aromatic rings. The van der Waals surface area contributed by atoms with Crippen LogP contribution >= 0.6 is 0 Å². The number of halogens is 1. The van der Waals surface area contributed by atoms with Crippen molar-refractivity contribution in [1.82, 2.24) is 14.3 Å². The van der Waals surface area contributed by atoms with Crippen molar-refractivity contribution in [3.63, 3.8) is 0 Å². The molecule has 1 amide bonds. The molecule has 0 atom stereocenters. The number of carbonyl (C=O) groups is 1. The van der Waals surface area contributed by atoms with Crippen molar-refractivity contribution >= 4 is 11.6 Å². The normalized spacial score (nSPS) is 11.0. The first-order chi connectivity index (χ1) is 13.5. The summed E-state index contributed by atoms with van der Waals surface area (Å²) in [5.74, 6) is -0.673. The predicted octanol–water partition coefficient (Wildman–Crippen LogP) is 3.97. The number of hydrogen-bond acceptors (Lipinski definition) is 3. The summed E-state index contributed by atoms with van der Waals surface area (Å²) in [6.07, 6.45) is 5.85. The number of rotatable bonds is 7. The Kier molecular flexibility index (Phi) is 6.19. The highest BCUT2D eigenvalue weighted by molar-refractivity contribution is 5.93. The van der Waals surface area contributed by atoms with Gasteiger partial charge in [0.05, 0.1) is 0 Å². The molecule has 2 aromatic heterocycles. The highest BCUT2D eigenvalue weighted by atomic mass is 19.1. The van der Waals surface area contributed by atoms with Crippen molar-refractivity contribution in [1.29, 1.82) is 0 Å². The topological polar surface area (TPSA) is 54.7 Å². The third kappa shape index (κ3) is 4.44. The predicted molar refractivity (Wildman–Crippen MR) is 107 cm³/mol. The highest BCUT2D eigenvalue weighted by Gasteiger charge is 2.20. The van der Waals surface area contributed by atoms with Crippen LogP contribution in [0.15, 0.2) is 53.6 Å². The van der Waals surface area contributed by atoms with Gasteiger partial charge in [0, 0.05) is 25.5 Å². The van der Waals surface area contributed by atoms with Gasteiger partial charge in [-0.2, -0.15) is 0 Å². The summed E-state index contributed by atoms with van der Waals surface area (Å²) in [5.41, 5.74) is 1.98. The van der Waals surface area contributed by atoms with E-state index in [1.807, 2.05) is 13.0 Å². The van der Waals surface area contributed by atoms with E-state index in [0.29, 0.717) is 18.7 Å². The van der Waals surface area contributed by atoms with Gasteiger partial charge in [0.15, 0.2) is 0 Å². The van der Waals surface area contributed by atoms with Crippen molar-refractivity contribution in [3.8, 4) is 0 Å². The largest absolute Gasteiger partial charge is 0.334 e. The molecular formula is C22H24FN3O2. The number of aromatic nitrogens is 2. The lowest BCUT2D eigenvalue weighted by atomic mass is 10.1. The molecule has 0 saturated carbocycles. The molecule has 0 fully saturated rings. The number of hydrogen-bond donors (Lipinski definition) is 0. The molecule has 28 heavy (non-hydrogen) atoms. The zero-order valence-corrected chi connectivity index (χ0v) is 16.2. The summed E-state index contributed by atoms with van der Waals surface area (Å²) in [4.78, 5) is 31.9. The first-order valence-corrected chi connectivity index (χ1v) is 9.51. The molecule has 0 aliphatic heterocycles. The molecule has 1 aromatic carbocycles. The van der Waals surface area contributed by atoms with Crippen molar-refractivity contribution in [2.24, 2.45) is 0 Å². The molecule has 0 aliphatic carbocycles. The third-order valence-electron chi connectivity index (χ3n) is 4.70. The van der Waals surface area contributed by atoms with E-state index in [1.54, 1.807) is 29.3 Å². The van der Waals surface area contributed by atoms with Crippen LogP contribution in [0.4, 0.5) is 4.39 Å². The second-order valence-electron chi connectivity index (χ2n) is 6.97. The average molecular weight is 381 g/mol. The van der Waals surface area contributed by atoms with Gasteiger partial charge in [-0.1, -0.05) is 31.9 Å². The Bertz CT molecular complexity index is 1030. The number of pyridine rings is 1. The first-order valence-electron chi connectivity index (χ1n) is 9.51. The molecule has 0 saturated heterocycles.